The van der Waals surface area contributed by atoms with Gasteiger partial charge in [0.1, 0.15) is 0 Å². The minimum absolute atomic E-state index is 0. The van der Waals surface area contributed by atoms with Crippen LogP contribution in [0.1, 0.15) is 38.1 Å². The van der Waals surface area contributed by atoms with Gasteiger partial charge in [0.15, 0.2) is 5.96 Å². The second kappa shape index (κ2) is 10.3. The number of hydrogen-bond donors (Lipinski definition) is 2. The molecule has 0 aromatic carbocycles. The third-order valence-corrected chi connectivity index (χ3v) is 5.62. The van der Waals surface area contributed by atoms with Crippen molar-refractivity contribution in [3.63, 3.8) is 0 Å². The van der Waals surface area contributed by atoms with Crippen molar-refractivity contribution in [3.05, 3.63) is 31.2 Å². The molecule has 0 fully saturated rings. The lowest BCUT2D eigenvalue weighted by Crippen LogP contribution is -2.38. The molecule has 0 radical (unpaired) electrons. The molecule has 0 unspecified atom stereocenters. The van der Waals surface area contributed by atoms with E-state index in [0.29, 0.717) is 6.54 Å². The highest BCUT2D eigenvalue weighted by Crippen LogP contribution is 2.18. The maximum Gasteiger partial charge on any atom is 0.191 e. The predicted octanol–water partition coefficient (Wildman–Crippen LogP) is 3.75. The van der Waals surface area contributed by atoms with Crippen molar-refractivity contribution in [1.82, 2.24) is 20.6 Å². The van der Waals surface area contributed by atoms with Crippen LogP contribution in [-0.4, -0.2) is 29.0 Å². The lowest BCUT2D eigenvalue weighted by atomic mass is 10.4. The summed E-state index contributed by atoms with van der Waals surface area (Å²) in [5, 5.41) is 8.95. The van der Waals surface area contributed by atoms with Crippen molar-refractivity contribution < 1.29 is 0 Å². The van der Waals surface area contributed by atoms with E-state index in [1.54, 1.807) is 22.7 Å². The molecule has 0 aliphatic heterocycles. The molecule has 2 aromatic rings. The minimum Gasteiger partial charge on any atom is -0.357 e. The Labute approximate surface area is 169 Å². The highest BCUT2D eigenvalue weighted by atomic mass is 127. The summed E-state index contributed by atoms with van der Waals surface area (Å²) in [4.78, 5) is 16.2. The van der Waals surface area contributed by atoms with Crippen molar-refractivity contribution >= 4 is 52.6 Å². The molecule has 0 saturated heterocycles. The highest BCUT2D eigenvalue weighted by Gasteiger charge is 2.06. The first kappa shape index (κ1) is 21.3. The number of rotatable bonds is 6. The lowest BCUT2D eigenvalue weighted by Gasteiger charge is -2.10. The van der Waals surface area contributed by atoms with E-state index in [-0.39, 0.29) is 24.0 Å². The van der Waals surface area contributed by atoms with Crippen LogP contribution in [-0.2, 0) is 13.0 Å². The van der Waals surface area contributed by atoms with E-state index in [4.69, 9.17) is 0 Å². The third kappa shape index (κ3) is 6.29. The fourth-order valence-electron chi connectivity index (χ4n) is 2.15. The first-order valence-corrected chi connectivity index (χ1v) is 9.51. The molecule has 8 heteroatoms. The summed E-state index contributed by atoms with van der Waals surface area (Å²) in [6.07, 6.45) is 0.919. The average Bonchev–Trinajstić information content (AvgIpc) is 2.98. The lowest BCUT2D eigenvalue weighted by molar-refractivity contribution is 0.796. The molecule has 0 saturated carbocycles. The van der Waals surface area contributed by atoms with Gasteiger partial charge in [0, 0.05) is 29.3 Å². The van der Waals surface area contributed by atoms with Gasteiger partial charge in [0.25, 0.3) is 0 Å². The standard InChI is InChI=1S/C16H25N5S2.HI/c1-6-17-16(19-9-14-11(3)20-13(5)23-14)18-8-7-15-21-10(2)12(4)22-15;/h6-9H2,1-5H3,(H2,17,18,19);1H. The Morgan fingerprint density at radius 1 is 1.04 bits per heavy atom. The van der Waals surface area contributed by atoms with Crippen molar-refractivity contribution in [2.24, 2.45) is 4.99 Å². The molecule has 2 N–H and O–H groups in total. The summed E-state index contributed by atoms with van der Waals surface area (Å²) in [5.41, 5.74) is 2.22. The minimum atomic E-state index is 0. The maximum absolute atomic E-state index is 4.66. The molecule has 5 nitrogen and oxygen atoms in total. The number of thiazole rings is 2. The van der Waals surface area contributed by atoms with E-state index in [1.165, 1.54) is 14.8 Å². The molecule has 2 rings (SSSR count). The van der Waals surface area contributed by atoms with Crippen LogP contribution in [0.25, 0.3) is 0 Å². The van der Waals surface area contributed by atoms with E-state index in [9.17, 15) is 0 Å². The Kier molecular flexibility index (Phi) is 9.14. The van der Waals surface area contributed by atoms with Gasteiger partial charge in [-0.25, -0.2) is 15.0 Å². The zero-order valence-corrected chi connectivity index (χ0v) is 18.9. The van der Waals surface area contributed by atoms with Gasteiger partial charge in [-0.3, -0.25) is 0 Å². The predicted molar refractivity (Wildman–Crippen MR) is 115 cm³/mol. The van der Waals surface area contributed by atoms with Gasteiger partial charge in [0.2, 0.25) is 0 Å². The van der Waals surface area contributed by atoms with Crippen molar-refractivity contribution in [2.45, 2.75) is 47.6 Å². The van der Waals surface area contributed by atoms with Gasteiger partial charge in [-0.1, -0.05) is 0 Å². The molecule has 0 amide bonds. The Morgan fingerprint density at radius 3 is 2.33 bits per heavy atom. The van der Waals surface area contributed by atoms with Gasteiger partial charge >= 0.3 is 0 Å². The van der Waals surface area contributed by atoms with Gasteiger partial charge in [-0.05, 0) is 34.6 Å². The first-order valence-electron chi connectivity index (χ1n) is 7.87. The fourth-order valence-corrected chi connectivity index (χ4v) is 3.94. The van der Waals surface area contributed by atoms with Crippen molar-refractivity contribution in [2.75, 3.05) is 13.1 Å². The number of halogens is 1. The summed E-state index contributed by atoms with van der Waals surface area (Å²) >= 11 is 3.49. The monoisotopic (exact) mass is 479 g/mol. The summed E-state index contributed by atoms with van der Waals surface area (Å²) in [6.45, 7) is 12.7. The van der Waals surface area contributed by atoms with E-state index in [2.05, 4.69) is 46.4 Å². The van der Waals surface area contributed by atoms with Crippen LogP contribution in [0.2, 0.25) is 0 Å². The number of aromatic nitrogens is 2. The molecule has 0 aliphatic carbocycles. The topological polar surface area (TPSA) is 62.2 Å². The zero-order chi connectivity index (χ0) is 16.8. The molecule has 0 aliphatic rings. The molecule has 0 atom stereocenters. The molecular formula is C16H26IN5S2. The van der Waals surface area contributed by atoms with Crippen molar-refractivity contribution in [3.8, 4) is 0 Å². The van der Waals surface area contributed by atoms with Crippen LogP contribution in [0.5, 0.6) is 0 Å². The average molecular weight is 479 g/mol. The van der Waals surface area contributed by atoms with Crippen LogP contribution in [0.3, 0.4) is 0 Å². The van der Waals surface area contributed by atoms with Gasteiger partial charge < -0.3 is 10.6 Å². The Hall–Kier alpha value is -0.740. The molecule has 134 valence electrons. The Balaban J connectivity index is 0.00000288. The quantitative estimate of drug-likeness (QED) is 0.377. The van der Waals surface area contributed by atoms with E-state index >= 15 is 0 Å². The fraction of sp³-hybridized carbons (Fsp3) is 0.562. The van der Waals surface area contributed by atoms with Crippen LogP contribution in [0.4, 0.5) is 0 Å². The van der Waals surface area contributed by atoms with Crippen molar-refractivity contribution in [1.29, 1.82) is 0 Å². The maximum atomic E-state index is 4.66. The zero-order valence-electron chi connectivity index (χ0n) is 14.9. The Bertz CT molecular complexity index is 659. The van der Waals surface area contributed by atoms with E-state index < -0.39 is 0 Å². The van der Waals surface area contributed by atoms with E-state index in [1.807, 2.05) is 13.8 Å². The second-order valence-corrected chi connectivity index (χ2v) is 7.94. The normalized spacial score (nSPS) is 11.3. The van der Waals surface area contributed by atoms with Crippen LogP contribution < -0.4 is 10.6 Å². The number of aryl methyl sites for hydroxylation is 4. The SMILES string of the molecule is CCNC(=NCc1sc(C)nc1C)NCCc1nc(C)c(C)s1.I. The molecule has 0 bridgehead atoms. The number of nitrogens with one attached hydrogen (secondary N) is 2. The number of hydrogen-bond acceptors (Lipinski definition) is 5. The Morgan fingerprint density at radius 2 is 1.79 bits per heavy atom. The number of aliphatic imine (C=N–C) groups is 1. The summed E-state index contributed by atoms with van der Waals surface area (Å²) < 4.78 is 0. The highest BCUT2D eigenvalue weighted by molar-refractivity contribution is 14.0. The van der Waals surface area contributed by atoms with Gasteiger partial charge in [-0.2, -0.15) is 0 Å². The number of nitrogens with zero attached hydrogens (tertiary/aromatic N) is 3. The van der Waals surface area contributed by atoms with Gasteiger partial charge in [-0.15, -0.1) is 46.7 Å². The summed E-state index contributed by atoms with van der Waals surface area (Å²) in [5.74, 6) is 0.850. The van der Waals surface area contributed by atoms with Crippen LogP contribution in [0.15, 0.2) is 4.99 Å². The molecule has 2 heterocycles. The molecule has 2 aromatic heterocycles. The molecule has 0 spiro atoms. The summed E-state index contributed by atoms with van der Waals surface area (Å²) in [7, 11) is 0. The smallest absolute Gasteiger partial charge is 0.191 e. The molecular weight excluding hydrogens is 453 g/mol. The van der Waals surface area contributed by atoms with Gasteiger partial charge in [0.05, 0.1) is 27.9 Å². The summed E-state index contributed by atoms with van der Waals surface area (Å²) in [6, 6.07) is 0. The van der Waals surface area contributed by atoms with Crippen LogP contribution in [0, 0.1) is 27.7 Å². The van der Waals surface area contributed by atoms with E-state index in [0.717, 1.165) is 41.9 Å². The first-order chi connectivity index (χ1) is 11.0. The largest absolute Gasteiger partial charge is 0.357 e. The number of guanidine groups is 1. The molecule has 24 heavy (non-hydrogen) atoms. The van der Waals surface area contributed by atoms with Crippen LogP contribution >= 0.6 is 46.7 Å². The second-order valence-electron chi connectivity index (χ2n) is 5.36. The third-order valence-electron chi connectivity index (χ3n) is 3.43.